The van der Waals surface area contributed by atoms with Gasteiger partial charge in [0.25, 0.3) is 5.56 Å². The number of aliphatic hydroxyl groups is 1. The molecule has 0 aliphatic rings. The van der Waals surface area contributed by atoms with Crippen molar-refractivity contribution in [2.45, 2.75) is 18.8 Å². The van der Waals surface area contributed by atoms with E-state index in [9.17, 15) is 23.1 Å². The molecule has 1 atom stereocenters. The van der Waals surface area contributed by atoms with Gasteiger partial charge < -0.3 is 9.84 Å². The lowest BCUT2D eigenvalue weighted by Gasteiger charge is -2.21. The molecule has 8 heteroatoms. The van der Waals surface area contributed by atoms with Crippen molar-refractivity contribution in [1.29, 1.82) is 0 Å². The van der Waals surface area contributed by atoms with Crippen molar-refractivity contribution in [3.63, 3.8) is 0 Å². The molecule has 0 aliphatic carbocycles. The molecule has 1 N–H and O–H groups in total. The van der Waals surface area contributed by atoms with Crippen LogP contribution in [0.1, 0.15) is 17.2 Å². The minimum absolute atomic E-state index is 0.145. The number of ether oxygens (including phenoxy) is 1. The van der Waals surface area contributed by atoms with Gasteiger partial charge in [0.05, 0.1) is 24.9 Å². The van der Waals surface area contributed by atoms with Crippen LogP contribution >= 0.6 is 0 Å². The monoisotopic (exact) mass is 466 g/mol. The number of halogens is 3. The van der Waals surface area contributed by atoms with Gasteiger partial charge in [0.15, 0.2) is 0 Å². The number of rotatable bonds is 8. The van der Waals surface area contributed by atoms with Crippen LogP contribution in [0.4, 0.5) is 13.2 Å². The van der Waals surface area contributed by atoms with Gasteiger partial charge in [-0.3, -0.25) is 4.79 Å². The Hall–Kier alpha value is -3.75. The summed E-state index contributed by atoms with van der Waals surface area (Å²) in [6.07, 6.45) is -1.79. The minimum Gasteiger partial charge on any atom is -0.389 e. The Labute approximate surface area is 193 Å². The number of hydrogen-bond donors (Lipinski definition) is 1. The van der Waals surface area contributed by atoms with E-state index in [1.807, 2.05) is 0 Å². The Bertz CT molecular complexity index is 1250. The summed E-state index contributed by atoms with van der Waals surface area (Å²) in [6.45, 7) is -0.318. The van der Waals surface area contributed by atoms with Crippen molar-refractivity contribution in [3.05, 3.63) is 124 Å². The molecule has 0 aliphatic heterocycles. The molecule has 0 fully saturated rings. The normalized spacial score (nSPS) is 12.1. The van der Waals surface area contributed by atoms with Crippen LogP contribution in [0.5, 0.6) is 0 Å². The van der Waals surface area contributed by atoms with E-state index in [0.717, 1.165) is 4.68 Å². The zero-order valence-corrected chi connectivity index (χ0v) is 17.9. The summed E-state index contributed by atoms with van der Waals surface area (Å²) in [5, 5.41) is 14.8. The highest BCUT2D eigenvalue weighted by atomic mass is 19.1. The first-order valence-corrected chi connectivity index (χ1v) is 10.5. The number of nitrogens with zero attached hydrogens (tertiary/aromatic N) is 2. The highest BCUT2D eigenvalue weighted by Gasteiger charge is 2.18. The number of aromatic nitrogens is 2. The number of aliphatic hydroxyl groups excluding tert-OH is 1. The topological polar surface area (TPSA) is 64.4 Å². The maximum atomic E-state index is 13.4. The van der Waals surface area contributed by atoms with Crippen LogP contribution in [0.2, 0.25) is 0 Å². The van der Waals surface area contributed by atoms with Gasteiger partial charge >= 0.3 is 0 Å². The SMILES string of the molecule is O=c1ccc(-c2ccc(F)cc2)nn1CC(O)COC(c1ccc(F)cc1)c1ccc(F)cc1. The first-order chi connectivity index (χ1) is 16.4. The van der Waals surface area contributed by atoms with Crippen molar-refractivity contribution in [3.8, 4) is 11.3 Å². The molecular weight excluding hydrogens is 445 g/mol. The zero-order valence-electron chi connectivity index (χ0n) is 17.9. The van der Waals surface area contributed by atoms with Crippen molar-refractivity contribution in [1.82, 2.24) is 9.78 Å². The molecule has 0 bridgehead atoms. The van der Waals surface area contributed by atoms with E-state index in [0.29, 0.717) is 22.4 Å². The van der Waals surface area contributed by atoms with Crippen LogP contribution in [-0.4, -0.2) is 27.6 Å². The number of hydrogen-bond acceptors (Lipinski definition) is 4. The van der Waals surface area contributed by atoms with Crippen molar-refractivity contribution in [2.24, 2.45) is 0 Å². The zero-order chi connectivity index (χ0) is 24.1. The molecule has 0 saturated heterocycles. The Morgan fingerprint density at radius 2 is 1.26 bits per heavy atom. The summed E-state index contributed by atoms with van der Waals surface area (Å²) < 4.78 is 47.0. The first kappa shape index (κ1) is 23.4. The third-order valence-electron chi connectivity index (χ3n) is 5.19. The molecule has 4 aromatic rings. The molecule has 34 heavy (non-hydrogen) atoms. The Morgan fingerprint density at radius 1 is 0.765 bits per heavy atom. The lowest BCUT2D eigenvalue weighted by Crippen LogP contribution is -2.31. The van der Waals surface area contributed by atoms with Crippen LogP contribution in [-0.2, 0) is 11.3 Å². The van der Waals surface area contributed by atoms with Crippen molar-refractivity contribution in [2.75, 3.05) is 6.61 Å². The molecule has 174 valence electrons. The summed E-state index contributed by atoms with van der Waals surface area (Å²) >= 11 is 0. The van der Waals surface area contributed by atoms with Gasteiger partial charge in [0.2, 0.25) is 0 Å². The average Bonchev–Trinajstić information content (AvgIpc) is 2.83. The van der Waals surface area contributed by atoms with Crippen LogP contribution in [0, 0.1) is 17.5 Å². The molecule has 0 amide bonds. The minimum atomic E-state index is -1.10. The summed E-state index contributed by atoms with van der Waals surface area (Å²) in [5.41, 5.74) is 1.89. The predicted octanol–water partition coefficient (Wildman–Crippen LogP) is 4.49. The van der Waals surface area contributed by atoms with Crippen LogP contribution in [0.15, 0.2) is 89.7 Å². The first-order valence-electron chi connectivity index (χ1n) is 10.5. The summed E-state index contributed by atoms with van der Waals surface area (Å²) in [4.78, 5) is 12.3. The smallest absolute Gasteiger partial charge is 0.266 e. The fourth-order valence-electron chi connectivity index (χ4n) is 3.47. The molecular formula is C26H21F3N2O3. The van der Waals surface area contributed by atoms with E-state index >= 15 is 0 Å². The molecule has 3 aromatic carbocycles. The maximum Gasteiger partial charge on any atom is 0.266 e. The van der Waals surface area contributed by atoms with Crippen LogP contribution < -0.4 is 5.56 Å². The molecule has 5 nitrogen and oxygen atoms in total. The van der Waals surface area contributed by atoms with E-state index in [1.54, 1.807) is 36.4 Å². The third-order valence-corrected chi connectivity index (χ3v) is 5.19. The average molecular weight is 466 g/mol. The molecule has 0 spiro atoms. The lowest BCUT2D eigenvalue weighted by atomic mass is 10.0. The second-order valence-corrected chi connectivity index (χ2v) is 7.72. The van der Waals surface area contributed by atoms with E-state index < -0.39 is 29.4 Å². The lowest BCUT2D eigenvalue weighted by molar-refractivity contribution is -0.00245. The summed E-state index contributed by atoms with van der Waals surface area (Å²) in [7, 11) is 0. The highest BCUT2D eigenvalue weighted by Crippen LogP contribution is 2.27. The fraction of sp³-hybridized carbons (Fsp3) is 0.154. The third kappa shape index (κ3) is 5.78. The molecule has 1 heterocycles. The van der Waals surface area contributed by atoms with E-state index in [2.05, 4.69) is 5.10 Å². The second kappa shape index (κ2) is 10.5. The van der Waals surface area contributed by atoms with Gasteiger partial charge in [-0.2, -0.15) is 5.10 Å². The summed E-state index contributed by atoms with van der Waals surface area (Å²) in [5.74, 6) is -1.21. The largest absolute Gasteiger partial charge is 0.389 e. The summed E-state index contributed by atoms with van der Waals surface area (Å²) in [6, 6.07) is 19.9. The molecule has 0 radical (unpaired) electrons. The molecule has 0 saturated carbocycles. The van der Waals surface area contributed by atoms with Gasteiger partial charge in [0, 0.05) is 11.6 Å². The van der Waals surface area contributed by atoms with Crippen molar-refractivity contribution < 1.29 is 23.0 Å². The van der Waals surface area contributed by atoms with Gasteiger partial charge in [-0.05, 0) is 65.7 Å². The fourth-order valence-corrected chi connectivity index (χ4v) is 3.47. The predicted molar refractivity (Wildman–Crippen MR) is 120 cm³/mol. The Balaban J connectivity index is 1.50. The highest BCUT2D eigenvalue weighted by molar-refractivity contribution is 5.57. The van der Waals surface area contributed by atoms with Crippen LogP contribution in [0.25, 0.3) is 11.3 Å². The van der Waals surface area contributed by atoms with Gasteiger partial charge in [-0.1, -0.05) is 24.3 Å². The molecule has 4 rings (SSSR count). The molecule has 1 unspecified atom stereocenters. The quantitative estimate of drug-likeness (QED) is 0.416. The van der Waals surface area contributed by atoms with Gasteiger partial charge in [-0.15, -0.1) is 0 Å². The Morgan fingerprint density at radius 3 is 1.79 bits per heavy atom. The van der Waals surface area contributed by atoms with Crippen molar-refractivity contribution >= 4 is 0 Å². The standard InChI is InChI=1S/C26H21F3N2O3/c27-20-7-1-17(2-8-20)24-13-14-25(33)31(30-24)15-23(32)16-34-26(18-3-9-21(28)10-4-18)19-5-11-22(29)12-6-19/h1-14,23,26,32H,15-16H2. The number of benzene rings is 3. The van der Waals surface area contributed by atoms with E-state index in [1.165, 1.54) is 48.5 Å². The van der Waals surface area contributed by atoms with E-state index in [-0.39, 0.29) is 19.0 Å². The van der Waals surface area contributed by atoms with E-state index in [4.69, 9.17) is 4.74 Å². The second-order valence-electron chi connectivity index (χ2n) is 7.72. The van der Waals surface area contributed by atoms with Gasteiger partial charge in [0.1, 0.15) is 23.6 Å². The maximum absolute atomic E-state index is 13.4. The molecule has 1 aromatic heterocycles. The Kier molecular flexibility index (Phi) is 7.20. The van der Waals surface area contributed by atoms with Crippen LogP contribution in [0.3, 0.4) is 0 Å². The van der Waals surface area contributed by atoms with Gasteiger partial charge in [-0.25, -0.2) is 17.9 Å².